The lowest BCUT2D eigenvalue weighted by Gasteiger charge is -2.05. The normalized spacial score (nSPS) is 11.1. The van der Waals surface area contributed by atoms with Gasteiger partial charge in [-0.25, -0.2) is 4.79 Å². The van der Waals surface area contributed by atoms with Crippen LogP contribution in [-0.2, 0) is 25.7 Å². The molecule has 0 unspecified atom stereocenters. The molecule has 0 saturated heterocycles. The van der Waals surface area contributed by atoms with Gasteiger partial charge in [0.25, 0.3) is 0 Å². The zero-order valence-electron chi connectivity index (χ0n) is 10.7. The molecular weight excluding hydrogens is 248 g/mol. The number of Topliss-reactive ketones (excluding diaryl/α,β-unsaturated/α-hetero) is 1. The molecule has 0 aliphatic heterocycles. The minimum absolute atomic E-state index is 0.149. The quantitative estimate of drug-likeness (QED) is 0.257. The summed E-state index contributed by atoms with van der Waals surface area (Å²) in [5, 5.41) is 3.14. The minimum atomic E-state index is -0.835. The summed E-state index contributed by atoms with van der Waals surface area (Å²) in [5.74, 6) is 3.56. The second-order valence-corrected chi connectivity index (χ2v) is 3.60. The molecule has 6 nitrogen and oxygen atoms in total. The van der Waals surface area contributed by atoms with Crippen LogP contribution in [0, 0.1) is 0 Å². The van der Waals surface area contributed by atoms with E-state index in [1.807, 2.05) is 30.3 Å². The summed E-state index contributed by atoms with van der Waals surface area (Å²) < 4.78 is 9.85. The van der Waals surface area contributed by atoms with Crippen molar-refractivity contribution in [3.63, 3.8) is 0 Å². The molecule has 0 atom stereocenters. The summed E-state index contributed by atoms with van der Waals surface area (Å²) in [5.41, 5.74) is 0.493. The third-order valence-electron chi connectivity index (χ3n) is 2.21. The standard InChI is InChI=1S/C13H16N2O4/c1-2-19-13(17)12(15-14)11(16)9-18-8-10-6-4-3-5-7-10/h3-7H,2,8-9,14H2,1H3/b15-12+. The molecule has 0 amide bonds. The fourth-order valence-corrected chi connectivity index (χ4v) is 1.34. The van der Waals surface area contributed by atoms with E-state index in [4.69, 9.17) is 10.6 Å². The summed E-state index contributed by atoms with van der Waals surface area (Å²) in [6, 6.07) is 9.36. The van der Waals surface area contributed by atoms with Gasteiger partial charge < -0.3 is 15.3 Å². The number of carbonyl (C=O) groups is 2. The van der Waals surface area contributed by atoms with Gasteiger partial charge in [-0.15, -0.1) is 0 Å². The van der Waals surface area contributed by atoms with Crippen LogP contribution in [0.5, 0.6) is 0 Å². The fourth-order valence-electron chi connectivity index (χ4n) is 1.34. The Morgan fingerprint density at radius 3 is 2.53 bits per heavy atom. The van der Waals surface area contributed by atoms with Gasteiger partial charge in [0.15, 0.2) is 0 Å². The van der Waals surface area contributed by atoms with Crippen molar-refractivity contribution in [3.05, 3.63) is 35.9 Å². The van der Waals surface area contributed by atoms with Crippen LogP contribution in [0.25, 0.3) is 0 Å². The Morgan fingerprint density at radius 1 is 1.26 bits per heavy atom. The molecule has 1 aromatic rings. The van der Waals surface area contributed by atoms with Crippen LogP contribution in [0.15, 0.2) is 35.4 Å². The van der Waals surface area contributed by atoms with Crippen LogP contribution in [0.3, 0.4) is 0 Å². The summed E-state index contributed by atoms with van der Waals surface area (Å²) in [6.07, 6.45) is 0. The Kier molecular flexibility index (Phi) is 6.25. The summed E-state index contributed by atoms with van der Waals surface area (Å²) in [6.45, 7) is 1.77. The van der Waals surface area contributed by atoms with Gasteiger partial charge in [-0.1, -0.05) is 30.3 Å². The maximum Gasteiger partial charge on any atom is 0.362 e. The second-order valence-electron chi connectivity index (χ2n) is 3.60. The largest absolute Gasteiger partial charge is 0.461 e. The highest BCUT2D eigenvalue weighted by molar-refractivity contribution is 6.64. The maximum atomic E-state index is 11.6. The third-order valence-corrected chi connectivity index (χ3v) is 2.21. The number of hydrogen-bond donors (Lipinski definition) is 1. The summed E-state index contributed by atoms with van der Waals surface area (Å²) >= 11 is 0. The first-order valence-corrected chi connectivity index (χ1v) is 5.79. The van der Waals surface area contributed by atoms with Gasteiger partial charge >= 0.3 is 5.97 Å². The molecule has 6 heteroatoms. The molecule has 0 radical (unpaired) electrons. The summed E-state index contributed by atoms with van der Waals surface area (Å²) in [4.78, 5) is 23.0. The number of carbonyl (C=O) groups excluding carboxylic acids is 2. The topological polar surface area (TPSA) is 91.0 Å². The van der Waals surface area contributed by atoms with Crippen molar-refractivity contribution >= 4 is 17.5 Å². The first-order valence-electron chi connectivity index (χ1n) is 5.79. The highest BCUT2D eigenvalue weighted by Crippen LogP contribution is 2.00. The van der Waals surface area contributed by atoms with E-state index < -0.39 is 17.5 Å². The maximum absolute atomic E-state index is 11.6. The van der Waals surface area contributed by atoms with Crippen LogP contribution in [0.2, 0.25) is 0 Å². The number of ether oxygens (including phenoxy) is 2. The molecule has 0 saturated carbocycles. The Balaban J connectivity index is 2.44. The van der Waals surface area contributed by atoms with Crippen LogP contribution in [0.1, 0.15) is 12.5 Å². The van der Waals surface area contributed by atoms with E-state index in [1.54, 1.807) is 6.92 Å². The van der Waals surface area contributed by atoms with Gasteiger partial charge in [-0.3, -0.25) is 4.79 Å². The number of esters is 1. The SMILES string of the molecule is CCOC(=O)/C(=N/N)C(=O)COCc1ccccc1. The van der Waals surface area contributed by atoms with Gasteiger partial charge in [-0.05, 0) is 12.5 Å². The number of nitrogens with zero attached hydrogens (tertiary/aromatic N) is 1. The van der Waals surface area contributed by atoms with Gasteiger partial charge in [0.05, 0.1) is 13.2 Å². The van der Waals surface area contributed by atoms with E-state index in [-0.39, 0.29) is 19.8 Å². The van der Waals surface area contributed by atoms with Crippen molar-refractivity contribution in [1.29, 1.82) is 0 Å². The number of nitrogens with two attached hydrogens (primary N) is 1. The lowest BCUT2D eigenvalue weighted by molar-refractivity contribution is -0.136. The molecule has 1 aromatic carbocycles. The highest BCUT2D eigenvalue weighted by atomic mass is 16.5. The second kappa shape index (κ2) is 7.99. The monoisotopic (exact) mass is 264 g/mol. The zero-order chi connectivity index (χ0) is 14.1. The van der Waals surface area contributed by atoms with Gasteiger partial charge in [0.1, 0.15) is 6.61 Å². The predicted molar refractivity (Wildman–Crippen MR) is 69.4 cm³/mol. The zero-order valence-corrected chi connectivity index (χ0v) is 10.7. The molecule has 0 bridgehead atoms. The number of benzene rings is 1. The third kappa shape index (κ3) is 4.89. The van der Waals surface area contributed by atoms with Crippen molar-refractivity contribution in [2.45, 2.75) is 13.5 Å². The van der Waals surface area contributed by atoms with Crippen LogP contribution >= 0.6 is 0 Å². The highest BCUT2D eigenvalue weighted by Gasteiger charge is 2.21. The van der Waals surface area contributed by atoms with E-state index in [0.29, 0.717) is 0 Å². The van der Waals surface area contributed by atoms with Crippen molar-refractivity contribution in [2.75, 3.05) is 13.2 Å². The molecule has 19 heavy (non-hydrogen) atoms. The van der Waals surface area contributed by atoms with Gasteiger partial charge in [0.2, 0.25) is 11.5 Å². The molecule has 0 fully saturated rings. The van der Waals surface area contributed by atoms with Crippen molar-refractivity contribution in [3.8, 4) is 0 Å². The smallest absolute Gasteiger partial charge is 0.362 e. The van der Waals surface area contributed by atoms with Crippen molar-refractivity contribution in [1.82, 2.24) is 0 Å². The van der Waals surface area contributed by atoms with Crippen molar-refractivity contribution in [2.24, 2.45) is 10.9 Å². The van der Waals surface area contributed by atoms with E-state index in [1.165, 1.54) is 0 Å². The predicted octanol–water partition coefficient (Wildman–Crippen LogP) is 0.650. The molecule has 102 valence electrons. The van der Waals surface area contributed by atoms with Gasteiger partial charge in [0, 0.05) is 0 Å². The first-order chi connectivity index (χ1) is 9.19. The molecule has 1 rings (SSSR count). The first kappa shape index (κ1) is 14.8. The van der Waals surface area contributed by atoms with E-state index in [9.17, 15) is 9.59 Å². The Morgan fingerprint density at radius 2 is 1.95 bits per heavy atom. The van der Waals surface area contributed by atoms with Crippen LogP contribution < -0.4 is 5.84 Å². The average molecular weight is 264 g/mol. The molecule has 0 heterocycles. The summed E-state index contributed by atoms with van der Waals surface area (Å²) in [7, 11) is 0. The minimum Gasteiger partial charge on any atom is -0.461 e. The number of hydrazone groups is 1. The van der Waals surface area contributed by atoms with Crippen LogP contribution in [-0.4, -0.2) is 30.7 Å². The van der Waals surface area contributed by atoms with E-state index in [0.717, 1.165) is 5.56 Å². The van der Waals surface area contributed by atoms with E-state index >= 15 is 0 Å². The lowest BCUT2D eigenvalue weighted by Crippen LogP contribution is -2.30. The fraction of sp³-hybridized carbons (Fsp3) is 0.308. The van der Waals surface area contributed by atoms with Crippen LogP contribution in [0.4, 0.5) is 0 Å². The Labute approximate surface area is 111 Å². The van der Waals surface area contributed by atoms with Crippen molar-refractivity contribution < 1.29 is 19.1 Å². The molecule has 0 aliphatic rings. The molecule has 0 aromatic heterocycles. The van der Waals surface area contributed by atoms with Gasteiger partial charge in [-0.2, -0.15) is 5.10 Å². The number of rotatable bonds is 7. The number of ketones is 1. The Bertz CT molecular complexity index is 457. The molecule has 0 spiro atoms. The number of hydrogen-bond acceptors (Lipinski definition) is 6. The van der Waals surface area contributed by atoms with E-state index in [2.05, 4.69) is 9.84 Å². The molecule has 2 N–H and O–H groups in total. The molecular formula is C13H16N2O4. The lowest BCUT2D eigenvalue weighted by atomic mass is 10.2. The Hall–Kier alpha value is -2.21. The average Bonchev–Trinajstić information content (AvgIpc) is 2.41. The molecule has 0 aliphatic carbocycles.